The number of furan rings is 1. The number of carbonyl (C=O) groups is 4. The minimum atomic E-state index is -0.862. The van der Waals surface area contributed by atoms with Crippen LogP contribution < -0.4 is 10.6 Å². The number of anilines is 1. The van der Waals surface area contributed by atoms with Gasteiger partial charge in [-0.25, -0.2) is 4.79 Å². The molecule has 4 rings (SSSR count). The Labute approximate surface area is 218 Å². The number of hydrogen-bond donors (Lipinski definition) is 2. The molecule has 0 saturated carbocycles. The maximum Gasteiger partial charge on any atom is 0.340 e. The van der Waals surface area contributed by atoms with Gasteiger partial charge in [0.05, 0.1) is 37.4 Å². The fraction of sp³-hybridized carbons (Fsp3) is 0.308. The van der Waals surface area contributed by atoms with Crippen LogP contribution >= 0.6 is 11.6 Å². The van der Waals surface area contributed by atoms with Crippen molar-refractivity contribution in [3.05, 3.63) is 69.8 Å². The van der Waals surface area contributed by atoms with Crippen molar-refractivity contribution in [1.29, 1.82) is 0 Å². The molecule has 11 heteroatoms. The van der Waals surface area contributed by atoms with E-state index in [0.717, 1.165) is 12.8 Å². The molecule has 1 saturated heterocycles. The summed E-state index contributed by atoms with van der Waals surface area (Å²) in [4.78, 5) is 51.5. The Balaban J connectivity index is 1.43. The van der Waals surface area contributed by atoms with Crippen molar-refractivity contribution in [2.75, 3.05) is 25.6 Å². The first-order valence-corrected chi connectivity index (χ1v) is 12.0. The predicted octanol–water partition coefficient (Wildman–Crippen LogP) is 3.04. The molecule has 0 radical (unpaired) electrons. The van der Waals surface area contributed by atoms with E-state index in [1.165, 1.54) is 24.2 Å². The third kappa shape index (κ3) is 6.10. The summed E-state index contributed by atoms with van der Waals surface area (Å²) in [6.45, 7) is 2.62. The Bertz CT molecular complexity index is 1290. The normalized spacial score (nSPS) is 18.5. The monoisotopic (exact) mass is 527 g/mol. The Morgan fingerprint density at radius 1 is 1.22 bits per heavy atom. The first-order valence-electron chi connectivity index (χ1n) is 11.6. The van der Waals surface area contributed by atoms with Crippen molar-refractivity contribution in [2.45, 2.75) is 32.4 Å². The lowest BCUT2D eigenvalue weighted by molar-refractivity contribution is -0.136. The third-order valence-corrected chi connectivity index (χ3v) is 6.23. The molecule has 10 nitrogen and oxygen atoms in total. The van der Waals surface area contributed by atoms with E-state index in [1.54, 1.807) is 37.3 Å². The third-order valence-electron chi connectivity index (χ3n) is 5.99. The van der Waals surface area contributed by atoms with Gasteiger partial charge in [0.25, 0.3) is 5.91 Å². The number of hydrogen-bond acceptors (Lipinski definition) is 7. The fourth-order valence-corrected chi connectivity index (χ4v) is 4.34. The highest BCUT2D eigenvalue weighted by molar-refractivity contribution is 6.39. The molecule has 194 valence electrons. The zero-order chi connectivity index (χ0) is 26.5. The number of benzene rings is 1. The quantitative estimate of drug-likeness (QED) is 0.322. The van der Waals surface area contributed by atoms with E-state index in [2.05, 4.69) is 10.6 Å². The van der Waals surface area contributed by atoms with Crippen LogP contribution in [0.2, 0.25) is 5.02 Å². The molecule has 1 atom stereocenters. The number of carbonyl (C=O) groups excluding carboxylic acids is 4. The van der Waals surface area contributed by atoms with E-state index in [4.69, 9.17) is 25.5 Å². The molecule has 1 aromatic heterocycles. The van der Waals surface area contributed by atoms with Crippen molar-refractivity contribution in [3.8, 4) is 0 Å². The lowest BCUT2D eigenvalue weighted by Crippen LogP contribution is -2.34. The average Bonchev–Trinajstić information content (AvgIpc) is 3.60. The Hall–Kier alpha value is -3.89. The maximum absolute atomic E-state index is 13.2. The molecule has 1 aromatic carbocycles. The molecular weight excluding hydrogens is 502 g/mol. The number of ether oxygens (including phenoxy) is 2. The van der Waals surface area contributed by atoms with Crippen molar-refractivity contribution in [3.63, 3.8) is 0 Å². The molecule has 0 bridgehead atoms. The predicted molar refractivity (Wildman–Crippen MR) is 134 cm³/mol. The number of nitrogens with one attached hydrogen (secondary N) is 2. The van der Waals surface area contributed by atoms with Gasteiger partial charge in [0.2, 0.25) is 0 Å². The van der Waals surface area contributed by atoms with Crippen LogP contribution in [0.3, 0.4) is 0 Å². The minimum Gasteiger partial charge on any atom is -0.465 e. The summed E-state index contributed by atoms with van der Waals surface area (Å²) in [6.07, 6.45) is 3.14. The highest BCUT2D eigenvalue weighted by Crippen LogP contribution is 2.33. The molecule has 3 heterocycles. The van der Waals surface area contributed by atoms with E-state index in [0.29, 0.717) is 41.1 Å². The number of amides is 3. The molecule has 2 aromatic rings. The molecule has 0 unspecified atom stereocenters. The first kappa shape index (κ1) is 26.2. The standard InChI is InChI=1S/C26H26ClN3O7/c1-15-22(26(34)35-2)21(25(33)30(15)14-20-7-4-10-36-20)12-18-8-9-19(37-18)13-28-23(31)24(32)29-17-6-3-5-16(27)11-17/h3,5-6,8-9,11-12,20H,4,7,10,13-14H2,1-2H3,(H,28,31)(H,29,32)/b21-12+/t20-/m1/s1. The lowest BCUT2D eigenvalue weighted by Gasteiger charge is -2.21. The molecule has 0 aliphatic carbocycles. The van der Waals surface area contributed by atoms with E-state index in [1.807, 2.05) is 0 Å². The Kier molecular flexibility index (Phi) is 8.10. The lowest BCUT2D eigenvalue weighted by atomic mass is 10.1. The second-order valence-corrected chi connectivity index (χ2v) is 8.95. The van der Waals surface area contributed by atoms with Crippen molar-refractivity contribution >= 4 is 47.1 Å². The first-order chi connectivity index (χ1) is 17.8. The van der Waals surface area contributed by atoms with Gasteiger partial charge in [-0.15, -0.1) is 0 Å². The van der Waals surface area contributed by atoms with Crippen LogP contribution in [0.15, 0.2) is 57.7 Å². The zero-order valence-electron chi connectivity index (χ0n) is 20.3. The van der Waals surface area contributed by atoms with Crippen LogP contribution in [-0.2, 0) is 35.2 Å². The molecule has 37 heavy (non-hydrogen) atoms. The van der Waals surface area contributed by atoms with Crippen molar-refractivity contribution in [2.24, 2.45) is 0 Å². The summed E-state index contributed by atoms with van der Waals surface area (Å²) in [5, 5.41) is 5.35. The summed E-state index contributed by atoms with van der Waals surface area (Å²) < 4.78 is 16.3. The zero-order valence-corrected chi connectivity index (χ0v) is 21.1. The summed E-state index contributed by atoms with van der Waals surface area (Å²) in [7, 11) is 1.25. The summed E-state index contributed by atoms with van der Waals surface area (Å²) in [5.74, 6) is -2.06. The molecule has 2 aliphatic heterocycles. The van der Waals surface area contributed by atoms with Gasteiger partial charge in [0.1, 0.15) is 11.5 Å². The van der Waals surface area contributed by atoms with Gasteiger partial charge in [-0.3, -0.25) is 14.4 Å². The second-order valence-electron chi connectivity index (χ2n) is 8.51. The van der Waals surface area contributed by atoms with Crippen LogP contribution in [0.4, 0.5) is 5.69 Å². The molecule has 3 amide bonds. The molecule has 2 aliphatic rings. The van der Waals surface area contributed by atoms with Gasteiger partial charge >= 0.3 is 17.8 Å². The van der Waals surface area contributed by atoms with Crippen LogP contribution in [0.25, 0.3) is 6.08 Å². The largest absolute Gasteiger partial charge is 0.465 e. The highest BCUT2D eigenvalue weighted by atomic mass is 35.5. The van der Waals surface area contributed by atoms with Gasteiger partial charge in [-0.05, 0) is 56.2 Å². The van der Waals surface area contributed by atoms with Gasteiger partial charge in [0.15, 0.2) is 0 Å². The van der Waals surface area contributed by atoms with Gasteiger partial charge in [-0.1, -0.05) is 17.7 Å². The molecular formula is C26H26ClN3O7. The van der Waals surface area contributed by atoms with Crippen molar-refractivity contribution in [1.82, 2.24) is 10.2 Å². The van der Waals surface area contributed by atoms with E-state index < -0.39 is 17.8 Å². The van der Waals surface area contributed by atoms with Crippen LogP contribution in [0, 0.1) is 0 Å². The highest BCUT2D eigenvalue weighted by Gasteiger charge is 2.38. The van der Waals surface area contributed by atoms with Gasteiger partial charge in [0, 0.05) is 23.0 Å². The van der Waals surface area contributed by atoms with Crippen LogP contribution in [-0.4, -0.2) is 55.0 Å². The van der Waals surface area contributed by atoms with Gasteiger partial charge in [-0.2, -0.15) is 0 Å². The number of allylic oxidation sites excluding steroid dienone is 1. The molecule has 0 spiro atoms. The topological polar surface area (TPSA) is 127 Å². The van der Waals surface area contributed by atoms with Crippen LogP contribution in [0.1, 0.15) is 31.3 Å². The van der Waals surface area contributed by atoms with E-state index in [9.17, 15) is 19.2 Å². The number of esters is 1. The Morgan fingerprint density at radius 2 is 2.03 bits per heavy atom. The Morgan fingerprint density at radius 3 is 2.73 bits per heavy atom. The smallest absolute Gasteiger partial charge is 0.340 e. The van der Waals surface area contributed by atoms with Crippen LogP contribution in [0.5, 0.6) is 0 Å². The van der Waals surface area contributed by atoms with E-state index >= 15 is 0 Å². The summed E-state index contributed by atoms with van der Waals surface area (Å²) in [5.41, 5.74) is 1.19. The van der Waals surface area contributed by atoms with Gasteiger partial charge < -0.3 is 29.4 Å². The van der Waals surface area contributed by atoms with E-state index in [-0.39, 0.29) is 29.7 Å². The average molecular weight is 528 g/mol. The number of nitrogens with zero attached hydrogens (tertiary/aromatic N) is 1. The summed E-state index contributed by atoms with van der Waals surface area (Å²) >= 11 is 5.88. The second kappa shape index (κ2) is 11.4. The molecule has 2 N–H and O–H groups in total. The number of methoxy groups -OCH3 is 1. The minimum absolute atomic E-state index is 0.0667. The maximum atomic E-state index is 13.2. The summed E-state index contributed by atoms with van der Waals surface area (Å²) in [6, 6.07) is 9.61. The number of rotatable bonds is 7. The fourth-order valence-electron chi connectivity index (χ4n) is 4.15. The number of halogens is 1. The SMILES string of the molecule is COC(=O)C1=C(C)N(C[C@H]2CCCO2)C(=O)/C1=C/c1ccc(CNC(=O)C(=O)Nc2cccc(Cl)c2)o1. The molecule has 1 fully saturated rings. The van der Waals surface area contributed by atoms with Crippen molar-refractivity contribution < 1.29 is 33.1 Å².